The third-order valence-electron chi connectivity index (χ3n) is 3.19. The molecule has 2 rings (SSSR count). The van der Waals surface area contributed by atoms with Crippen molar-refractivity contribution in [3.8, 4) is 17.4 Å². The van der Waals surface area contributed by atoms with Crippen LogP contribution in [0.2, 0.25) is 0 Å². The van der Waals surface area contributed by atoms with Gasteiger partial charge in [-0.1, -0.05) is 12.1 Å². The molecule has 5 nitrogen and oxygen atoms in total. The molecule has 1 N–H and O–H groups in total. The predicted octanol–water partition coefficient (Wildman–Crippen LogP) is 2.79. The van der Waals surface area contributed by atoms with Crippen LogP contribution in [0.3, 0.4) is 0 Å². The van der Waals surface area contributed by atoms with E-state index in [1.165, 1.54) is 0 Å². The number of nitrogens with one attached hydrogen (secondary N) is 1. The van der Waals surface area contributed by atoms with Gasteiger partial charge >= 0.3 is 0 Å². The van der Waals surface area contributed by atoms with E-state index in [1.54, 1.807) is 14.2 Å². The van der Waals surface area contributed by atoms with Gasteiger partial charge in [-0.2, -0.15) is 0 Å². The SMILES string of the molecule is CCOc1cc(CNCc2ccc(OC)nc2)ccc1OC. The molecule has 22 heavy (non-hydrogen) atoms. The Kier molecular flexibility index (Phi) is 6.03. The van der Waals surface area contributed by atoms with Crippen LogP contribution in [-0.2, 0) is 13.1 Å². The molecule has 0 amide bonds. The van der Waals surface area contributed by atoms with Crippen LogP contribution in [0.4, 0.5) is 0 Å². The first kappa shape index (κ1) is 16.1. The second kappa shape index (κ2) is 8.24. The monoisotopic (exact) mass is 302 g/mol. The molecule has 1 aromatic carbocycles. The number of hydrogen-bond donors (Lipinski definition) is 1. The molecule has 5 heteroatoms. The highest BCUT2D eigenvalue weighted by Crippen LogP contribution is 2.27. The quantitative estimate of drug-likeness (QED) is 0.812. The summed E-state index contributed by atoms with van der Waals surface area (Å²) in [5.74, 6) is 2.15. The molecule has 0 saturated carbocycles. The fourth-order valence-electron chi connectivity index (χ4n) is 2.09. The summed E-state index contributed by atoms with van der Waals surface area (Å²) in [6.45, 7) is 4.06. The zero-order chi connectivity index (χ0) is 15.8. The molecule has 0 unspecified atom stereocenters. The number of pyridine rings is 1. The molecule has 0 aliphatic heterocycles. The molecule has 0 atom stereocenters. The Morgan fingerprint density at radius 1 is 0.955 bits per heavy atom. The minimum absolute atomic E-state index is 0.616. The van der Waals surface area contributed by atoms with Crippen molar-refractivity contribution < 1.29 is 14.2 Å². The topological polar surface area (TPSA) is 52.6 Å². The molecule has 0 radical (unpaired) electrons. The fraction of sp³-hybridized carbons (Fsp3) is 0.353. The molecule has 1 heterocycles. The van der Waals surface area contributed by atoms with Gasteiger partial charge in [0.05, 0.1) is 20.8 Å². The molecular weight excluding hydrogens is 280 g/mol. The Labute approximate surface area is 131 Å². The Balaban J connectivity index is 1.91. The lowest BCUT2D eigenvalue weighted by atomic mass is 10.2. The smallest absolute Gasteiger partial charge is 0.212 e. The average Bonchev–Trinajstić information content (AvgIpc) is 2.56. The number of ether oxygens (including phenoxy) is 3. The van der Waals surface area contributed by atoms with Crippen molar-refractivity contribution in [1.29, 1.82) is 0 Å². The van der Waals surface area contributed by atoms with Gasteiger partial charge in [-0.25, -0.2) is 4.98 Å². The Hall–Kier alpha value is -2.27. The summed E-state index contributed by atoms with van der Waals surface area (Å²) in [4.78, 5) is 4.19. The van der Waals surface area contributed by atoms with E-state index < -0.39 is 0 Å². The highest BCUT2D eigenvalue weighted by Gasteiger charge is 2.05. The van der Waals surface area contributed by atoms with E-state index >= 15 is 0 Å². The van der Waals surface area contributed by atoms with Crippen LogP contribution in [0, 0.1) is 0 Å². The number of benzene rings is 1. The summed E-state index contributed by atoms with van der Waals surface area (Å²) in [6.07, 6.45) is 1.81. The molecule has 0 bridgehead atoms. The zero-order valence-electron chi connectivity index (χ0n) is 13.3. The fourth-order valence-corrected chi connectivity index (χ4v) is 2.09. The molecule has 1 aromatic heterocycles. The van der Waals surface area contributed by atoms with Crippen molar-refractivity contribution >= 4 is 0 Å². The van der Waals surface area contributed by atoms with Crippen LogP contribution in [0.5, 0.6) is 17.4 Å². The maximum Gasteiger partial charge on any atom is 0.212 e. The standard InChI is InChI=1S/C17H22N2O3/c1-4-22-16-9-13(5-7-15(16)20-2)10-18-11-14-6-8-17(21-3)19-12-14/h5-9,12,18H,4,10-11H2,1-3H3. The molecule has 2 aromatic rings. The number of nitrogens with zero attached hydrogens (tertiary/aromatic N) is 1. The lowest BCUT2D eigenvalue weighted by molar-refractivity contribution is 0.310. The summed E-state index contributed by atoms with van der Waals surface area (Å²) >= 11 is 0. The lowest BCUT2D eigenvalue weighted by Gasteiger charge is -2.11. The van der Waals surface area contributed by atoms with E-state index in [9.17, 15) is 0 Å². The Bertz CT molecular complexity index is 585. The molecule has 118 valence electrons. The first-order valence-corrected chi connectivity index (χ1v) is 7.26. The van der Waals surface area contributed by atoms with Crippen LogP contribution < -0.4 is 19.5 Å². The average molecular weight is 302 g/mol. The first-order chi connectivity index (χ1) is 10.8. The van der Waals surface area contributed by atoms with Crippen LogP contribution in [-0.4, -0.2) is 25.8 Å². The van der Waals surface area contributed by atoms with E-state index in [0.717, 1.165) is 35.7 Å². The number of methoxy groups -OCH3 is 2. The van der Waals surface area contributed by atoms with Gasteiger partial charge in [0.25, 0.3) is 0 Å². The van der Waals surface area contributed by atoms with Crippen molar-refractivity contribution in [3.63, 3.8) is 0 Å². The second-order valence-corrected chi connectivity index (χ2v) is 4.73. The molecule has 0 aliphatic carbocycles. The summed E-state index contributed by atoms with van der Waals surface area (Å²) in [5.41, 5.74) is 2.25. The van der Waals surface area contributed by atoms with E-state index in [4.69, 9.17) is 14.2 Å². The summed E-state index contributed by atoms with van der Waals surface area (Å²) in [7, 11) is 3.26. The van der Waals surface area contributed by atoms with Gasteiger partial charge in [0.15, 0.2) is 11.5 Å². The van der Waals surface area contributed by atoms with Crippen molar-refractivity contribution in [3.05, 3.63) is 47.7 Å². The number of hydrogen-bond acceptors (Lipinski definition) is 5. The van der Waals surface area contributed by atoms with Crippen molar-refractivity contribution in [2.24, 2.45) is 0 Å². The van der Waals surface area contributed by atoms with Crippen LogP contribution in [0.15, 0.2) is 36.5 Å². The van der Waals surface area contributed by atoms with Crippen LogP contribution in [0.25, 0.3) is 0 Å². The van der Waals surface area contributed by atoms with Crippen molar-refractivity contribution in [2.45, 2.75) is 20.0 Å². The van der Waals surface area contributed by atoms with E-state index in [1.807, 2.05) is 43.5 Å². The summed E-state index contributed by atoms with van der Waals surface area (Å²) in [6, 6.07) is 9.81. The molecule has 0 aliphatic rings. The molecule has 0 saturated heterocycles. The zero-order valence-corrected chi connectivity index (χ0v) is 13.3. The molecular formula is C17H22N2O3. The third kappa shape index (κ3) is 4.36. The van der Waals surface area contributed by atoms with Crippen LogP contribution >= 0.6 is 0 Å². The minimum atomic E-state index is 0.616. The van der Waals surface area contributed by atoms with E-state index in [0.29, 0.717) is 12.5 Å². The minimum Gasteiger partial charge on any atom is -0.493 e. The lowest BCUT2D eigenvalue weighted by Crippen LogP contribution is -2.13. The number of rotatable bonds is 8. The third-order valence-corrected chi connectivity index (χ3v) is 3.19. The maximum atomic E-state index is 5.58. The predicted molar refractivity (Wildman–Crippen MR) is 85.5 cm³/mol. The van der Waals surface area contributed by atoms with Crippen molar-refractivity contribution in [1.82, 2.24) is 10.3 Å². The Morgan fingerprint density at radius 3 is 2.36 bits per heavy atom. The van der Waals surface area contributed by atoms with Gasteiger partial charge < -0.3 is 19.5 Å². The van der Waals surface area contributed by atoms with Crippen molar-refractivity contribution in [2.75, 3.05) is 20.8 Å². The second-order valence-electron chi connectivity index (χ2n) is 4.73. The molecule has 0 spiro atoms. The van der Waals surface area contributed by atoms with Gasteiger partial charge in [0, 0.05) is 25.4 Å². The molecule has 0 fully saturated rings. The highest BCUT2D eigenvalue weighted by atomic mass is 16.5. The Morgan fingerprint density at radius 2 is 1.73 bits per heavy atom. The van der Waals surface area contributed by atoms with Gasteiger partial charge in [0.2, 0.25) is 5.88 Å². The van der Waals surface area contributed by atoms with Gasteiger partial charge in [-0.15, -0.1) is 0 Å². The van der Waals surface area contributed by atoms with Crippen LogP contribution in [0.1, 0.15) is 18.1 Å². The van der Waals surface area contributed by atoms with E-state index in [-0.39, 0.29) is 0 Å². The van der Waals surface area contributed by atoms with Gasteiger partial charge in [0.1, 0.15) is 0 Å². The van der Waals surface area contributed by atoms with Gasteiger partial charge in [-0.3, -0.25) is 0 Å². The first-order valence-electron chi connectivity index (χ1n) is 7.26. The number of aromatic nitrogens is 1. The summed E-state index contributed by atoms with van der Waals surface area (Å²) < 4.78 is 15.9. The van der Waals surface area contributed by atoms with Gasteiger partial charge in [-0.05, 0) is 30.2 Å². The summed E-state index contributed by atoms with van der Waals surface area (Å²) in [5, 5.41) is 3.39. The maximum absolute atomic E-state index is 5.58. The van der Waals surface area contributed by atoms with E-state index in [2.05, 4.69) is 10.3 Å². The largest absolute Gasteiger partial charge is 0.493 e. The highest BCUT2D eigenvalue weighted by molar-refractivity contribution is 5.42. The normalized spacial score (nSPS) is 10.3.